The van der Waals surface area contributed by atoms with E-state index in [4.69, 9.17) is 4.74 Å². The van der Waals surface area contributed by atoms with Crippen LogP contribution in [-0.4, -0.2) is 44.4 Å². The number of likely N-dealkylation sites (tertiary alicyclic amines) is 1. The van der Waals surface area contributed by atoms with E-state index in [2.05, 4.69) is 33.1 Å². The van der Waals surface area contributed by atoms with Crippen molar-refractivity contribution < 1.29 is 4.74 Å². The molecule has 0 amide bonds. The Morgan fingerprint density at radius 1 is 1.43 bits per heavy atom. The molecule has 0 saturated carbocycles. The maximum absolute atomic E-state index is 5.56. The number of hydrogen-bond acceptors (Lipinski definition) is 5. The molecule has 2 aromatic heterocycles. The largest absolute Gasteiger partial charge is 0.380 e. The molecule has 0 aliphatic carbocycles. The zero-order valence-electron chi connectivity index (χ0n) is 12.7. The average molecular weight is 287 g/mol. The third-order valence-corrected chi connectivity index (χ3v) is 4.26. The Morgan fingerprint density at radius 3 is 2.95 bits per heavy atom. The fourth-order valence-corrected chi connectivity index (χ4v) is 2.95. The molecule has 6 heteroatoms. The summed E-state index contributed by atoms with van der Waals surface area (Å²) in [5.41, 5.74) is 2.52. The monoisotopic (exact) mass is 287 g/mol. The van der Waals surface area contributed by atoms with Crippen molar-refractivity contribution in [3.05, 3.63) is 41.7 Å². The van der Waals surface area contributed by atoms with Crippen molar-refractivity contribution in [3.8, 4) is 0 Å². The quantitative estimate of drug-likeness (QED) is 0.852. The molecule has 1 saturated heterocycles. The maximum Gasteiger partial charge on any atom is 0.150 e. The first kappa shape index (κ1) is 14.2. The van der Waals surface area contributed by atoms with Gasteiger partial charge < -0.3 is 9.30 Å². The minimum atomic E-state index is 0.238. The molecule has 0 unspecified atom stereocenters. The fraction of sp³-hybridized carbons (Fsp3) is 0.533. The number of hydrogen-bond donors (Lipinski definition) is 0. The lowest BCUT2D eigenvalue weighted by Crippen LogP contribution is -2.26. The Hall–Kier alpha value is -1.79. The van der Waals surface area contributed by atoms with Gasteiger partial charge in [0.15, 0.2) is 0 Å². The van der Waals surface area contributed by atoms with E-state index in [1.54, 1.807) is 13.4 Å². The van der Waals surface area contributed by atoms with Crippen molar-refractivity contribution in [1.29, 1.82) is 0 Å². The molecule has 0 aromatic carbocycles. The highest BCUT2D eigenvalue weighted by Gasteiger charge is 2.35. The van der Waals surface area contributed by atoms with Crippen LogP contribution in [0.15, 0.2) is 24.8 Å². The summed E-state index contributed by atoms with van der Waals surface area (Å²) in [7, 11) is 3.76. The number of pyridine rings is 1. The Morgan fingerprint density at radius 2 is 2.29 bits per heavy atom. The van der Waals surface area contributed by atoms with Crippen LogP contribution in [0.2, 0.25) is 0 Å². The van der Waals surface area contributed by atoms with Crippen LogP contribution in [0.5, 0.6) is 0 Å². The van der Waals surface area contributed by atoms with Gasteiger partial charge in [-0.1, -0.05) is 0 Å². The zero-order chi connectivity index (χ0) is 14.8. The van der Waals surface area contributed by atoms with Gasteiger partial charge in [0.25, 0.3) is 0 Å². The number of aromatic nitrogens is 4. The Kier molecular flexibility index (Phi) is 3.98. The highest BCUT2D eigenvalue weighted by atomic mass is 16.5. The topological polar surface area (TPSA) is 56.1 Å². The van der Waals surface area contributed by atoms with Crippen molar-refractivity contribution in [2.75, 3.05) is 13.7 Å². The van der Waals surface area contributed by atoms with Gasteiger partial charge in [0.2, 0.25) is 0 Å². The summed E-state index contributed by atoms with van der Waals surface area (Å²) in [6.07, 6.45) is 6.72. The van der Waals surface area contributed by atoms with Crippen LogP contribution in [0, 0.1) is 6.92 Å². The van der Waals surface area contributed by atoms with E-state index in [1.165, 1.54) is 11.1 Å². The SMILES string of the molecule is CO[C@@H]1C[C@@H](c2nncn2C)N(Cc2cnccc2C)C1. The van der Waals surface area contributed by atoms with Gasteiger partial charge in [-0.05, 0) is 30.5 Å². The molecule has 2 atom stereocenters. The maximum atomic E-state index is 5.56. The molecule has 21 heavy (non-hydrogen) atoms. The first-order chi connectivity index (χ1) is 10.2. The number of ether oxygens (including phenoxy) is 1. The van der Waals surface area contributed by atoms with E-state index >= 15 is 0 Å². The Labute approximate surface area is 124 Å². The van der Waals surface area contributed by atoms with Gasteiger partial charge in [0.1, 0.15) is 12.2 Å². The molecular weight excluding hydrogens is 266 g/mol. The molecule has 0 N–H and O–H groups in total. The van der Waals surface area contributed by atoms with Gasteiger partial charge in [-0.15, -0.1) is 10.2 Å². The number of aryl methyl sites for hydroxylation is 2. The predicted octanol–water partition coefficient (Wildman–Crippen LogP) is 1.48. The highest BCUT2D eigenvalue weighted by molar-refractivity contribution is 5.22. The van der Waals surface area contributed by atoms with Crippen molar-refractivity contribution in [2.45, 2.75) is 32.0 Å². The van der Waals surface area contributed by atoms with E-state index in [0.29, 0.717) is 0 Å². The first-order valence-corrected chi connectivity index (χ1v) is 7.19. The van der Waals surface area contributed by atoms with Gasteiger partial charge in [0, 0.05) is 39.6 Å². The van der Waals surface area contributed by atoms with Crippen LogP contribution in [-0.2, 0) is 18.3 Å². The molecule has 1 aliphatic rings. The summed E-state index contributed by atoms with van der Waals surface area (Å²) >= 11 is 0. The van der Waals surface area contributed by atoms with Crippen molar-refractivity contribution in [1.82, 2.24) is 24.6 Å². The Balaban J connectivity index is 1.85. The van der Waals surface area contributed by atoms with Crippen LogP contribution in [0.25, 0.3) is 0 Å². The van der Waals surface area contributed by atoms with E-state index in [0.717, 1.165) is 25.3 Å². The lowest BCUT2D eigenvalue weighted by Gasteiger charge is -2.23. The molecule has 2 aromatic rings. The van der Waals surface area contributed by atoms with Crippen LogP contribution in [0.1, 0.15) is 29.4 Å². The van der Waals surface area contributed by atoms with Crippen LogP contribution in [0.3, 0.4) is 0 Å². The summed E-state index contributed by atoms with van der Waals surface area (Å²) in [4.78, 5) is 6.65. The summed E-state index contributed by atoms with van der Waals surface area (Å²) < 4.78 is 7.55. The summed E-state index contributed by atoms with van der Waals surface area (Å²) in [6, 6.07) is 2.29. The van der Waals surface area contributed by atoms with Crippen molar-refractivity contribution in [3.63, 3.8) is 0 Å². The second-order valence-electron chi connectivity index (χ2n) is 5.64. The summed E-state index contributed by atoms with van der Waals surface area (Å²) in [6.45, 7) is 3.89. The number of rotatable bonds is 4. The van der Waals surface area contributed by atoms with Gasteiger partial charge in [-0.3, -0.25) is 9.88 Å². The number of methoxy groups -OCH3 is 1. The summed E-state index contributed by atoms with van der Waals surface area (Å²) in [5.74, 6) is 0.996. The predicted molar refractivity (Wildman–Crippen MR) is 78.5 cm³/mol. The lowest BCUT2D eigenvalue weighted by atomic mass is 10.1. The van der Waals surface area contributed by atoms with Crippen LogP contribution in [0.4, 0.5) is 0 Å². The number of nitrogens with zero attached hydrogens (tertiary/aromatic N) is 5. The zero-order valence-corrected chi connectivity index (χ0v) is 12.7. The van der Waals surface area contributed by atoms with Gasteiger partial charge in [0.05, 0.1) is 12.1 Å². The second-order valence-corrected chi connectivity index (χ2v) is 5.64. The highest BCUT2D eigenvalue weighted by Crippen LogP contribution is 2.33. The molecule has 3 rings (SSSR count). The standard InChI is InChI=1S/C15H21N5O/c1-11-4-5-16-7-12(11)8-20-9-13(21-3)6-14(20)15-18-17-10-19(15)2/h4-5,7,10,13-14H,6,8-9H2,1-3H3/t13-,14+/m1/s1. The molecule has 6 nitrogen and oxygen atoms in total. The third kappa shape index (κ3) is 2.82. The van der Waals surface area contributed by atoms with Gasteiger partial charge in [-0.25, -0.2) is 0 Å². The average Bonchev–Trinajstić information content (AvgIpc) is 3.07. The van der Waals surface area contributed by atoms with Crippen LogP contribution >= 0.6 is 0 Å². The van der Waals surface area contributed by atoms with Crippen molar-refractivity contribution in [2.24, 2.45) is 7.05 Å². The van der Waals surface area contributed by atoms with Gasteiger partial charge in [-0.2, -0.15) is 0 Å². The van der Waals surface area contributed by atoms with E-state index in [9.17, 15) is 0 Å². The molecule has 1 fully saturated rings. The Bertz CT molecular complexity index is 612. The van der Waals surface area contributed by atoms with E-state index < -0.39 is 0 Å². The molecule has 0 radical (unpaired) electrons. The minimum Gasteiger partial charge on any atom is -0.380 e. The smallest absolute Gasteiger partial charge is 0.150 e. The second kappa shape index (κ2) is 5.91. The minimum absolute atomic E-state index is 0.238. The van der Waals surface area contributed by atoms with E-state index in [-0.39, 0.29) is 12.1 Å². The molecule has 0 spiro atoms. The van der Waals surface area contributed by atoms with Crippen molar-refractivity contribution >= 4 is 0 Å². The van der Waals surface area contributed by atoms with Gasteiger partial charge >= 0.3 is 0 Å². The third-order valence-electron chi connectivity index (χ3n) is 4.26. The van der Waals surface area contributed by atoms with Crippen LogP contribution < -0.4 is 0 Å². The summed E-state index contributed by atoms with van der Waals surface area (Å²) in [5, 5.41) is 8.29. The first-order valence-electron chi connectivity index (χ1n) is 7.19. The molecule has 112 valence electrons. The fourth-order valence-electron chi connectivity index (χ4n) is 2.95. The molecule has 3 heterocycles. The normalized spacial score (nSPS) is 22.8. The molecular formula is C15H21N5O. The lowest BCUT2D eigenvalue weighted by molar-refractivity contribution is 0.107. The molecule has 1 aliphatic heterocycles. The molecule has 0 bridgehead atoms. The van der Waals surface area contributed by atoms with E-state index in [1.807, 2.05) is 24.0 Å².